The number of nitrogens with zero attached hydrogens (tertiary/aromatic N) is 2. The van der Waals surface area contributed by atoms with E-state index in [0.29, 0.717) is 4.90 Å². The molecule has 1 fully saturated rings. The van der Waals surface area contributed by atoms with Gasteiger partial charge in [0, 0.05) is 19.0 Å². The lowest BCUT2D eigenvalue weighted by Crippen LogP contribution is -2.27. The Balaban J connectivity index is 1.78. The Kier molecular flexibility index (Phi) is 4.40. The molecule has 1 N–H and O–H groups in total. The Hall–Kier alpha value is -0.880. The van der Waals surface area contributed by atoms with Crippen molar-refractivity contribution in [1.82, 2.24) is 15.1 Å². The van der Waals surface area contributed by atoms with Crippen molar-refractivity contribution in [3.8, 4) is 0 Å². The van der Waals surface area contributed by atoms with Gasteiger partial charge in [-0.15, -0.1) is 0 Å². The highest BCUT2D eigenvalue weighted by atomic mass is 32.2. The Morgan fingerprint density at radius 3 is 2.78 bits per heavy atom. The van der Waals surface area contributed by atoms with Crippen LogP contribution < -0.4 is 5.32 Å². The van der Waals surface area contributed by atoms with E-state index < -0.39 is 9.84 Å². The van der Waals surface area contributed by atoms with Gasteiger partial charge in [-0.2, -0.15) is 5.10 Å². The first-order valence-electron chi connectivity index (χ1n) is 6.49. The predicted octanol–water partition coefficient (Wildman–Crippen LogP) is 1.07. The molecule has 102 valence electrons. The van der Waals surface area contributed by atoms with Crippen molar-refractivity contribution >= 4 is 9.84 Å². The molecular formula is C12H21N3O2S. The smallest absolute Gasteiger partial charge is 0.178 e. The second kappa shape index (κ2) is 5.84. The second-order valence-corrected chi connectivity index (χ2v) is 7.06. The minimum atomic E-state index is -3.12. The fraction of sp³-hybridized carbons (Fsp3) is 0.750. The van der Waals surface area contributed by atoms with Crippen LogP contribution in [0.25, 0.3) is 0 Å². The number of hydrogen-bond donors (Lipinski definition) is 1. The topological polar surface area (TPSA) is 64.0 Å². The maximum atomic E-state index is 11.3. The van der Waals surface area contributed by atoms with Crippen LogP contribution in [0.2, 0.25) is 0 Å². The van der Waals surface area contributed by atoms with Crippen LogP contribution in [0.15, 0.2) is 17.3 Å². The molecule has 6 heteroatoms. The van der Waals surface area contributed by atoms with Gasteiger partial charge in [-0.25, -0.2) is 8.42 Å². The Morgan fingerprint density at radius 2 is 2.17 bits per heavy atom. The van der Waals surface area contributed by atoms with E-state index in [1.807, 2.05) is 0 Å². The average molecular weight is 271 g/mol. The largest absolute Gasteiger partial charge is 0.317 e. The normalized spacial score (nSPS) is 18.1. The fourth-order valence-corrected chi connectivity index (χ4v) is 2.92. The molecule has 0 bridgehead atoms. The lowest BCUT2D eigenvalue weighted by atomic mass is 9.93. The average Bonchev–Trinajstić information content (AvgIpc) is 2.79. The third-order valence-electron chi connectivity index (χ3n) is 3.50. The highest BCUT2D eigenvalue weighted by Crippen LogP contribution is 2.18. The number of aromatic nitrogens is 2. The van der Waals surface area contributed by atoms with Gasteiger partial charge in [0.15, 0.2) is 9.84 Å². The number of rotatable bonds is 5. The summed E-state index contributed by atoms with van der Waals surface area (Å²) in [6.07, 6.45) is 9.05. The minimum Gasteiger partial charge on any atom is -0.317 e. The van der Waals surface area contributed by atoms with Gasteiger partial charge in [0.2, 0.25) is 0 Å². The molecule has 0 spiro atoms. The summed E-state index contributed by atoms with van der Waals surface area (Å²) in [5.41, 5.74) is 0. The highest BCUT2D eigenvalue weighted by Gasteiger charge is 2.13. The van der Waals surface area contributed by atoms with E-state index in [0.717, 1.165) is 32.0 Å². The van der Waals surface area contributed by atoms with Crippen molar-refractivity contribution in [3.05, 3.63) is 12.4 Å². The van der Waals surface area contributed by atoms with Crippen LogP contribution in [-0.2, 0) is 16.4 Å². The van der Waals surface area contributed by atoms with Gasteiger partial charge in [-0.05, 0) is 44.7 Å². The molecule has 1 aliphatic rings. The fourth-order valence-electron chi connectivity index (χ4n) is 2.37. The van der Waals surface area contributed by atoms with Crippen LogP contribution in [0, 0.1) is 5.92 Å². The lowest BCUT2D eigenvalue weighted by Gasteiger charge is -2.22. The molecular weight excluding hydrogens is 250 g/mol. The first kappa shape index (κ1) is 13.5. The zero-order valence-corrected chi connectivity index (χ0v) is 11.6. The Labute approximate surface area is 108 Å². The van der Waals surface area contributed by atoms with Crippen LogP contribution in [-0.4, -0.2) is 37.5 Å². The van der Waals surface area contributed by atoms with E-state index in [4.69, 9.17) is 0 Å². The van der Waals surface area contributed by atoms with Crippen LogP contribution >= 0.6 is 0 Å². The van der Waals surface area contributed by atoms with Gasteiger partial charge < -0.3 is 5.32 Å². The maximum absolute atomic E-state index is 11.3. The molecule has 2 rings (SSSR count). The summed E-state index contributed by atoms with van der Waals surface area (Å²) in [5, 5.41) is 7.45. The van der Waals surface area contributed by atoms with Gasteiger partial charge in [0.1, 0.15) is 4.90 Å². The van der Waals surface area contributed by atoms with Crippen molar-refractivity contribution in [2.45, 2.75) is 37.1 Å². The maximum Gasteiger partial charge on any atom is 0.178 e. The van der Waals surface area contributed by atoms with E-state index in [1.54, 1.807) is 10.9 Å². The summed E-state index contributed by atoms with van der Waals surface area (Å²) in [6, 6.07) is 0. The summed E-state index contributed by atoms with van der Waals surface area (Å²) >= 11 is 0. The Morgan fingerprint density at radius 1 is 1.44 bits per heavy atom. The summed E-state index contributed by atoms with van der Waals surface area (Å²) in [5.74, 6) is 0.816. The molecule has 0 radical (unpaired) electrons. The summed E-state index contributed by atoms with van der Waals surface area (Å²) < 4.78 is 24.3. The molecule has 0 aliphatic carbocycles. The van der Waals surface area contributed by atoms with Gasteiger partial charge in [-0.3, -0.25) is 4.68 Å². The van der Waals surface area contributed by atoms with Crippen LogP contribution in [0.3, 0.4) is 0 Å². The van der Waals surface area contributed by atoms with Crippen molar-refractivity contribution < 1.29 is 8.42 Å². The number of hydrogen-bond acceptors (Lipinski definition) is 4. The van der Waals surface area contributed by atoms with Crippen molar-refractivity contribution in [3.63, 3.8) is 0 Å². The molecule has 0 amide bonds. The van der Waals surface area contributed by atoms with Gasteiger partial charge in [0.25, 0.3) is 0 Å². The number of piperidine rings is 1. The van der Waals surface area contributed by atoms with Crippen molar-refractivity contribution in [2.75, 3.05) is 19.3 Å². The molecule has 0 aromatic carbocycles. The van der Waals surface area contributed by atoms with Gasteiger partial charge >= 0.3 is 0 Å². The zero-order valence-electron chi connectivity index (χ0n) is 10.8. The summed E-state index contributed by atoms with van der Waals surface area (Å²) in [7, 11) is -3.12. The Bertz CT molecular complexity index is 475. The first-order chi connectivity index (χ1) is 8.55. The van der Waals surface area contributed by atoms with E-state index >= 15 is 0 Å². The molecule has 5 nitrogen and oxygen atoms in total. The van der Waals surface area contributed by atoms with Crippen LogP contribution in [0.4, 0.5) is 0 Å². The number of nitrogens with one attached hydrogen (secondary N) is 1. The van der Waals surface area contributed by atoms with E-state index in [-0.39, 0.29) is 0 Å². The van der Waals surface area contributed by atoms with Crippen molar-refractivity contribution in [1.29, 1.82) is 0 Å². The monoisotopic (exact) mass is 271 g/mol. The molecule has 0 saturated carbocycles. The molecule has 1 aromatic rings. The summed E-state index contributed by atoms with van der Waals surface area (Å²) in [4.78, 5) is 0.310. The van der Waals surface area contributed by atoms with E-state index in [1.165, 1.54) is 31.7 Å². The quantitative estimate of drug-likeness (QED) is 0.870. The van der Waals surface area contributed by atoms with Gasteiger partial charge in [-0.1, -0.05) is 0 Å². The second-order valence-electron chi connectivity index (χ2n) is 5.05. The third kappa shape index (κ3) is 3.81. The molecule has 0 atom stereocenters. The number of aryl methyl sites for hydroxylation is 1. The first-order valence-corrected chi connectivity index (χ1v) is 8.38. The molecule has 18 heavy (non-hydrogen) atoms. The molecule has 1 aromatic heterocycles. The molecule has 1 aliphatic heterocycles. The minimum absolute atomic E-state index is 0.310. The molecule has 1 saturated heterocycles. The SMILES string of the molecule is CS(=O)(=O)c1cnn(CCCC2CCNCC2)c1. The van der Waals surface area contributed by atoms with Crippen LogP contribution in [0.1, 0.15) is 25.7 Å². The zero-order chi connectivity index (χ0) is 13.0. The highest BCUT2D eigenvalue weighted by molar-refractivity contribution is 7.90. The molecule has 2 heterocycles. The van der Waals surface area contributed by atoms with Crippen LogP contribution in [0.5, 0.6) is 0 Å². The standard InChI is InChI=1S/C12H21N3O2S/c1-18(16,17)12-9-14-15(10-12)8-2-3-11-4-6-13-7-5-11/h9-11,13H,2-8H2,1H3. The van der Waals surface area contributed by atoms with Gasteiger partial charge in [0.05, 0.1) is 6.20 Å². The van der Waals surface area contributed by atoms with Crippen molar-refractivity contribution in [2.24, 2.45) is 5.92 Å². The van der Waals surface area contributed by atoms with E-state index in [9.17, 15) is 8.42 Å². The van der Waals surface area contributed by atoms with E-state index in [2.05, 4.69) is 10.4 Å². The predicted molar refractivity (Wildman–Crippen MR) is 70.2 cm³/mol. The third-order valence-corrected chi connectivity index (χ3v) is 4.56. The lowest BCUT2D eigenvalue weighted by molar-refractivity contribution is 0.337. The number of sulfone groups is 1. The molecule has 0 unspecified atom stereocenters. The summed E-state index contributed by atoms with van der Waals surface area (Å²) in [6.45, 7) is 3.06.